The third-order valence-corrected chi connectivity index (χ3v) is 16.0. The first-order valence-corrected chi connectivity index (χ1v) is 25.8. The van der Waals surface area contributed by atoms with Gasteiger partial charge >= 0.3 is 0 Å². The molecule has 3 aliphatic rings. The van der Waals surface area contributed by atoms with E-state index in [4.69, 9.17) is 23.8 Å². The minimum absolute atomic E-state index is 0.321. The van der Waals surface area contributed by atoms with E-state index in [1.165, 1.54) is 55.7 Å². The normalized spacial score (nSPS) is 15.3. The summed E-state index contributed by atoms with van der Waals surface area (Å²) in [6, 6.07) is 80.2. The molecule has 0 fully saturated rings. The summed E-state index contributed by atoms with van der Waals surface area (Å²) in [5.41, 5.74) is 23.3. The van der Waals surface area contributed by atoms with Gasteiger partial charge in [-0.25, -0.2) is 15.0 Å². The molecule has 10 aromatic carbocycles. The summed E-state index contributed by atoms with van der Waals surface area (Å²) in [6.45, 7) is 0. The zero-order chi connectivity index (χ0) is 49.2. The predicted molar refractivity (Wildman–Crippen MR) is 304 cm³/mol. The highest BCUT2D eigenvalue weighted by Crippen LogP contribution is 2.63. The van der Waals surface area contributed by atoms with Crippen LogP contribution in [-0.4, -0.2) is 15.0 Å². The predicted octanol–water partition coefficient (Wildman–Crippen LogP) is 18.1. The third kappa shape index (κ3) is 6.28. The first kappa shape index (κ1) is 41.9. The Hall–Kier alpha value is -9.71. The first-order valence-electron chi connectivity index (χ1n) is 25.8. The number of para-hydroxylation sites is 1. The fourth-order valence-corrected chi connectivity index (χ4v) is 12.7. The molecular formula is C70H43N3O2. The van der Waals surface area contributed by atoms with Crippen molar-refractivity contribution >= 4 is 49.5 Å². The Kier molecular flexibility index (Phi) is 9.01. The number of nitrogens with zero attached hydrogens (tertiary/aromatic N) is 3. The molecule has 0 radical (unpaired) electrons. The highest BCUT2D eigenvalue weighted by molar-refractivity contribution is 6.13. The van der Waals surface area contributed by atoms with Gasteiger partial charge in [-0.3, -0.25) is 0 Å². The van der Waals surface area contributed by atoms with Crippen molar-refractivity contribution in [2.75, 3.05) is 0 Å². The van der Waals surface area contributed by atoms with Crippen LogP contribution < -0.4 is 0 Å². The van der Waals surface area contributed by atoms with Crippen molar-refractivity contribution in [2.45, 2.75) is 18.3 Å². The summed E-state index contributed by atoms with van der Waals surface area (Å²) in [7, 11) is 0. The second kappa shape index (κ2) is 16.1. The summed E-state index contributed by atoms with van der Waals surface area (Å²) < 4.78 is 13.0. The summed E-state index contributed by atoms with van der Waals surface area (Å²) in [5.74, 6) is 1.68. The van der Waals surface area contributed by atoms with Gasteiger partial charge in [0.15, 0.2) is 17.5 Å². The standard InChI is InChI=1S/C70H43N3O2/c1-2-15-42(16-3-1)43-17-13-20-48(38-43)67-71-68(49-31-34-54-53-24-7-11-29-62(53)75-65(54)41-49)73-69(72-67)55-25-14-30-64-66(55)57-40-47(33-36-63(57)74-64)45-19-12-18-44(37-45)46-32-35-61-56(39-46)52-23-6-10-28-60(52)70(61)58-26-8-4-21-50(58)51-22-5-9-27-59(51)70/h1-4,6-21,23-41H,5,22H2. The lowest BCUT2D eigenvalue weighted by atomic mass is 9.69. The van der Waals surface area contributed by atoms with E-state index >= 15 is 0 Å². The zero-order valence-corrected chi connectivity index (χ0v) is 40.6. The van der Waals surface area contributed by atoms with Crippen LogP contribution in [0.2, 0.25) is 0 Å². The molecule has 3 aliphatic carbocycles. The van der Waals surface area contributed by atoms with Crippen LogP contribution in [0.3, 0.4) is 0 Å². The Morgan fingerprint density at radius 3 is 1.73 bits per heavy atom. The third-order valence-electron chi connectivity index (χ3n) is 16.0. The minimum Gasteiger partial charge on any atom is -0.456 e. The van der Waals surface area contributed by atoms with Crippen LogP contribution in [0.25, 0.3) is 128 Å². The van der Waals surface area contributed by atoms with Gasteiger partial charge in [0.05, 0.1) is 5.41 Å². The summed E-state index contributed by atoms with van der Waals surface area (Å²) in [4.78, 5) is 15.8. The van der Waals surface area contributed by atoms with Gasteiger partial charge in [-0.2, -0.15) is 0 Å². The van der Waals surface area contributed by atoms with E-state index in [0.29, 0.717) is 17.5 Å². The minimum atomic E-state index is -0.321. The molecule has 16 rings (SSSR count). The number of furan rings is 2. The Balaban J connectivity index is 0.819. The maximum Gasteiger partial charge on any atom is 0.164 e. The lowest BCUT2D eigenvalue weighted by Gasteiger charge is -2.32. The van der Waals surface area contributed by atoms with Crippen molar-refractivity contribution in [3.8, 4) is 78.7 Å². The molecule has 3 heterocycles. The second-order valence-corrected chi connectivity index (χ2v) is 20.1. The molecule has 1 unspecified atom stereocenters. The first-order chi connectivity index (χ1) is 37.1. The maximum absolute atomic E-state index is 6.65. The number of fused-ring (bicyclic) bond motifs is 15. The molecule has 350 valence electrons. The van der Waals surface area contributed by atoms with E-state index in [1.807, 2.05) is 42.5 Å². The summed E-state index contributed by atoms with van der Waals surface area (Å²) in [5, 5.41) is 4.06. The number of rotatable bonds is 6. The maximum atomic E-state index is 6.65. The quantitative estimate of drug-likeness (QED) is 0.166. The summed E-state index contributed by atoms with van der Waals surface area (Å²) in [6.07, 6.45) is 6.93. The van der Waals surface area contributed by atoms with E-state index in [2.05, 4.69) is 194 Å². The van der Waals surface area contributed by atoms with Crippen LogP contribution in [0.4, 0.5) is 0 Å². The van der Waals surface area contributed by atoms with Gasteiger partial charge in [-0.1, -0.05) is 182 Å². The molecule has 5 nitrogen and oxygen atoms in total. The van der Waals surface area contributed by atoms with Crippen LogP contribution in [0.1, 0.15) is 35.1 Å². The van der Waals surface area contributed by atoms with Gasteiger partial charge < -0.3 is 8.83 Å². The van der Waals surface area contributed by atoms with Crippen molar-refractivity contribution in [3.63, 3.8) is 0 Å². The van der Waals surface area contributed by atoms with Crippen molar-refractivity contribution in [3.05, 3.63) is 264 Å². The molecule has 13 aromatic rings. The number of hydrogen-bond donors (Lipinski definition) is 0. The topological polar surface area (TPSA) is 65.0 Å². The fraction of sp³-hybridized carbons (Fsp3) is 0.0429. The van der Waals surface area contributed by atoms with Gasteiger partial charge in [0.25, 0.3) is 0 Å². The van der Waals surface area contributed by atoms with Crippen molar-refractivity contribution in [1.29, 1.82) is 0 Å². The smallest absolute Gasteiger partial charge is 0.164 e. The average molecular weight is 958 g/mol. The van der Waals surface area contributed by atoms with Crippen LogP contribution in [-0.2, 0) is 5.41 Å². The highest BCUT2D eigenvalue weighted by Gasteiger charge is 2.52. The molecule has 0 aliphatic heterocycles. The molecule has 0 bridgehead atoms. The lowest BCUT2D eigenvalue weighted by molar-refractivity contribution is 0.668. The van der Waals surface area contributed by atoms with Gasteiger partial charge in [0.2, 0.25) is 0 Å². The molecule has 0 N–H and O–H groups in total. The molecule has 1 spiro atoms. The van der Waals surface area contributed by atoms with E-state index in [0.717, 1.165) is 95.7 Å². The number of aromatic nitrogens is 3. The van der Waals surface area contributed by atoms with Gasteiger partial charge in [-0.05, 0) is 145 Å². The SMILES string of the molecule is C1=CC2=C(CC1)c1ccccc1C21c2ccccc2-c2cc(-c3cccc(-c4ccc5oc6cccc(-c7nc(-c8cccc(-c9ccccc9)c8)nc(-c8ccc9c(c8)oc8ccccc89)n7)c6c5c4)c3)ccc21. The zero-order valence-electron chi connectivity index (χ0n) is 40.6. The van der Waals surface area contributed by atoms with Gasteiger partial charge in [0, 0.05) is 38.2 Å². The van der Waals surface area contributed by atoms with Crippen molar-refractivity contribution in [2.24, 2.45) is 0 Å². The fourth-order valence-electron chi connectivity index (χ4n) is 12.7. The molecule has 3 aromatic heterocycles. The molecule has 0 amide bonds. The van der Waals surface area contributed by atoms with Crippen molar-refractivity contribution in [1.82, 2.24) is 15.0 Å². The molecule has 75 heavy (non-hydrogen) atoms. The number of hydrogen-bond acceptors (Lipinski definition) is 5. The van der Waals surface area contributed by atoms with Crippen molar-refractivity contribution < 1.29 is 8.83 Å². The Labute approximate surface area is 432 Å². The van der Waals surface area contributed by atoms with Crippen LogP contribution in [0.15, 0.2) is 251 Å². The van der Waals surface area contributed by atoms with E-state index in [1.54, 1.807) is 0 Å². The molecule has 1 atom stereocenters. The molecular weight excluding hydrogens is 915 g/mol. The van der Waals surface area contributed by atoms with Crippen LogP contribution >= 0.6 is 0 Å². The van der Waals surface area contributed by atoms with E-state index < -0.39 is 0 Å². The number of benzene rings is 10. The van der Waals surface area contributed by atoms with Crippen LogP contribution in [0, 0.1) is 0 Å². The average Bonchev–Trinajstić information content (AvgIpc) is 4.24. The Morgan fingerprint density at radius 1 is 0.333 bits per heavy atom. The van der Waals surface area contributed by atoms with E-state index in [9.17, 15) is 0 Å². The Bertz CT molecular complexity index is 4610. The Morgan fingerprint density at radius 2 is 0.880 bits per heavy atom. The van der Waals surface area contributed by atoms with Crippen LogP contribution in [0.5, 0.6) is 0 Å². The monoisotopic (exact) mass is 957 g/mol. The highest BCUT2D eigenvalue weighted by atomic mass is 16.3. The summed E-state index contributed by atoms with van der Waals surface area (Å²) >= 11 is 0. The molecule has 0 saturated heterocycles. The largest absolute Gasteiger partial charge is 0.456 e. The molecule has 0 saturated carbocycles. The van der Waals surface area contributed by atoms with E-state index in [-0.39, 0.29) is 5.41 Å². The van der Waals surface area contributed by atoms with Gasteiger partial charge in [-0.15, -0.1) is 0 Å². The lowest BCUT2D eigenvalue weighted by Crippen LogP contribution is -2.27. The second-order valence-electron chi connectivity index (χ2n) is 20.1. The molecule has 5 heteroatoms. The van der Waals surface area contributed by atoms with Gasteiger partial charge in [0.1, 0.15) is 22.3 Å². The number of allylic oxidation sites excluding steroid dienone is 4.